The van der Waals surface area contributed by atoms with Crippen molar-refractivity contribution in [2.45, 2.75) is 47.0 Å². The lowest BCUT2D eigenvalue weighted by molar-refractivity contribution is 0.0778. The Morgan fingerprint density at radius 3 is 2.48 bits per heavy atom. The van der Waals surface area contributed by atoms with E-state index in [1.807, 2.05) is 52.1 Å². The molecule has 0 aliphatic heterocycles. The van der Waals surface area contributed by atoms with Crippen molar-refractivity contribution < 1.29 is 9.53 Å². The molecule has 0 N–H and O–H groups in total. The highest BCUT2D eigenvalue weighted by Crippen LogP contribution is 2.33. The number of nitrogens with zero attached hydrogens (tertiary/aromatic N) is 3. The Morgan fingerprint density at radius 1 is 1.14 bits per heavy atom. The Morgan fingerprint density at radius 2 is 1.83 bits per heavy atom. The number of aryl methyl sites for hydroxylation is 3. The van der Waals surface area contributed by atoms with Crippen LogP contribution >= 0.6 is 11.3 Å². The van der Waals surface area contributed by atoms with Gasteiger partial charge in [0, 0.05) is 17.8 Å². The van der Waals surface area contributed by atoms with Crippen molar-refractivity contribution in [1.29, 1.82) is 0 Å². The molecule has 3 rings (SSSR count). The highest BCUT2D eigenvalue weighted by atomic mass is 32.1. The van der Waals surface area contributed by atoms with Crippen LogP contribution in [0.4, 0.5) is 0 Å². The first-order chi connectivity index (χ1) is 13.6. The molecule has 0 atom stereocenters. The molecule has 1 aromatic carbocycles. The van der Waals surface area contributed by atoms with Gasteiger partial charge in [0.15, 0.2) is 0 Å². The molecule has 0 saturated carbocycles. The summed E-state index contributed by atoms with van der Waals surface area (Å²) in [5.41, 5.74) is 2.84. The third-order valence-electron chi connectivity index (χ3n) is 4.96. The van der Waals surface area contributed by atoms with Crippen LogP contribution in [0.1, 0.15) is 53.1 Å². The fourth-order valence-corrected chi connectivity index (χ4v) is 4.39. The summed E-state index contributed by atoms with van der Waals surface area (Å²) in [6.07, 6.45) is 0. The van der Waals surface area contributed by atoms with Gasteiger partial charge < -0.3 is 9.64 Å². The summed E-state index contributed by atoms with van der Waals surface area (Å²) in [4.78, 5) is 25.8. The summed E-state index contributed by atoms with van der Waals surface area (Å²) in [6, 6.07) is 7.90. The van der Waals surface area contributed by atoms with Crippen LogP contribution in [0.3, 0.4) is 0 Å². The van der Waals surface area contributed by atoms with Crippen molar-refractivity contribution in [2.24, 2.45) is 0 Å². The number of para-hydroxylation sites is 1. The number of carbonyl (C=O) groups excluding carboxylic acids is 1. The first-order valence-electron chi connectivity index (χ1n) is 9.81. The quantitative estimate of drug-likeness (QED) is 0.588. The SMILES string of the molecule is Cc1ccccc1OCCN(C)C(=O)c1sc2nc(C(C)(C)C)nc(C)c2c1C. The molecule has 3 aromatic rings. The summed E-state index contributed by atoms with van der Waals surface area (Å²) in [5.74, 6) is 1.66. The van der Waals surface area contributed by atoms with Crippen molar-refractivity contribution in [3.63, 3.8) is 0 Å². The van der Waals surface area contributed by atoms with Gasteiger partial charge in [0.2, 0.25) is 0 Å². The van der Waals surface area contributed by atoms with E-state index in [1.54, 1.807) is 4.90 Å². The maximum atomic E-state index is 13.1. The Kier molecular flexibility index (Phi) is 5.94. The molecule has 0 aliphatic rings. The second-order valence-electron chi connectivity index (χ2n) is 8.46. The lowest BCUT2D eigenvalue weighted by Crippen LogP contribution is -2.30. The largest absolute Gasteiger partial charge is 0.491 e. The van der Waals surface area contributed by atoms with Gasteiger partial charge in [-0.2, -0.15) is 0 Å². The minimum atomic E-state index is -0.134. The van der Waals surface area contributed by atoms with Gasteiger partial charge in [-0.05, 0) is 38.0 Å². The average molecular weight is 412 g/mol. The van der Waals surface area contributed by atoms with Crippen LogP contribution in [0.15, 0.2) is 24.3 Å². The van der Waals surface area contributed by atoms with Crippen molar-refractivity contribution in [2.75, 3.05) is 20.2 Å². The Labute approximate surface area is 176 Å². The molecule has 6 heteroatoms. The number of hydrogen-bond donors (Lipinski definition) is 0. The zero-order chi connectivity index (χ0) is 21.3. The van der Waals surface area contributed by atoms with Crippen LogP contribution in [-0.4, -0.2) is 41.0 Å². The molecule has 154 valence electrons. The van der Waals surface area contributed by atoms with Crippen molar-refractivity contribution in [3.8, 4) is 5.75 Å². The molecular weight excluding hydrogens is 382 g/mol. The van der Waals surface area contributed by atoms with Gasteiger partial charge in [-0.25, -0.2) is 9.97 Å². The van der Waals surface area contributed by atoms with Gasteiger partial charge in [-0.3, -0.25) is 4.79 Å². The van der Waals surface area contributed by atoms with Crippen LogP contribution < -0.4 is 4.74 Å². The average Bonchev–Trinajstić information content (AvgIpc) is 2.99. The standard InChI is InChI=1S/C23H29N3O2S/c1-14-10-8-9-11-17(14)28-13-12-26(7)21(27)19-15(2)18-16(3)24-22(23(4,5)6)25-20(18)29-19/h8-11H,12-13H2,1-7H3. The third kappa shape index (κ3) is 4.42. The van der Waals surface area contributed by atoms with Crippen LogP contribution in [0.2, 0.25) is 0 Å². The highest BCUT2D eigenvalue weighted by Gasteiger charge is 2.24. The number of rotatable bonds is 5. The van der Waals surface area contributed by atoms with E-state index >= 15 is 0 Å². The van der Waals surface area contributed by atoms with Crippen LogP contribution in [0.25, 0.3) is 10.2 Å². The van der Waals surface area contributed by atoms with Crippen molar-refractivity contribution in [1.82, 2.24) is 14.9 Å². The van der Waals surface area contributed by atoms with E-state index in [9.17, 15) is 4.79 Å². The number of likely N-dealkylation sites (N-methyl/N-ethyl adjacent to an activating group) is 1. The summed E-state index contributed by atoms with van der Waals surface area (Å²) >= 11 is 1.45. The lowest BCUT2D eigenvalue weighted by Gasteiger charge is -2.17. The number of hydrogen-bond acceptors (Lipinski definition) is 5. The maximum absolute atomic E-state index is 13.1. The van der Waals surface area contributed by atoms with Gasteiger partial charge >= 0.3 is 0 Å². The number of fused-ring (bicyclic) bond motifs is 1. The van der Waals surface area contributed by atoms with Gasteiger partial charge in [-0.15, -0.1) is 11.3 Å². The molecule has 0 fully saturated rings. The van der Waals surface area contributed by atoms with Crippen LogP contribution in [-0.2, 0) is 5.41 Å². The van der Waals surface area contributed by atoms with Crippen molar-refractivity contribution >= 4 is 27.5 Å². The molecule has 29 heavy (non-hydrogen) atoms. The second-order valence-corrected chi connectivity index (χ2v) is 9.46. The van der Waals surface area contributed by atoms with Gasteiger partial charge in [0.1, 0.15) is 23.0 Å². The van der Waals surface area contributed by atoms with E-state index in [4.69, 9.17) is 14.7 Å². The molecule has 2 aromatic heterocycles. The van der Waals surface area contributed by atoms with E-state index < -0.39 is 0 Å². The highest BCUT2D eigenvalue weighted by molar-refractivity contribution is 7.20. The van der Waals surface area contributed by atoms with E-state index in [0.29, 0.717) is 13.2 Å². The molecule has 0 unspecified atom stereocenters. The van der Waals surface area contributed by atoms with E-state index in [0.717, 1.165) is 43.5 Å². The monoisotopic (exact) mass is 411 g/mol. The van der Waals surface area contributed by atoms with Crippen LogP contribution in [0, 0.1) is 20.8 Å². The number of amides is 1. The van der Waals surface area contributed by atoms with E-state index in [1.165, 1.54) is 11.3 Å². The fourth-order valence-electron chi connectivity index (χ4n) is 3.16. The molecule has 2 heterocycles. The third-order valence-corrected chi connectivity index (χ3v) is 6.13. The van der Waals surface area contributed by atoms with Crippen LogP contribution in [0.5, 0.6) is 5.75 Å². The molecule has 1 amide bonds. The van der Waals surface area contributed by atoms with Gasteiger partial charge in [0.05, 0.1) is 17.1 Å². The molecule has 0 bridgehead atoms. The smallest absolute Gasteiger partial charge is 0.264 e. The van der Waals surface area contributed by atoms with E-state index in [2.05, 4.69) is 20.8 Å². The number of ether oxygens (including phenoxy) is 1. The molecule has 0 saturated heterocycles. The minimum absolute atomic E-state index is 0.00408. The predicted molar refractivity (Wildman–Crippen MR) is 119 cm³/mol. The normalized spacial score (nSPS) is 11.7. The minimum Gasteiger partial charge on any atom is -0.491 e. The zero-order valence-corrected chi connectivity index (χ0v) is 19.1. The topological polar surface area (TPSA) is 55.3 Å². The summed E-state index contributed by atoms with van der Waals surface area (Å²) in [5, 5.41) is 0.996. The van der Waals surface area contributed by atoms with E-state index in [-0.39, 0.29) is 11.3 Å². The molecule has 0 spiro atoms. The van der Waals surface area contributed by atoms with Crippen molar-refractivity contribution in [3.05, 3.63) is 51.8 Å². The summed E-state index contributed by atoms with van der Waals surface area (Å²) < 4.78 is 5.84. The number of aromatic nitrogens is 2. The Hall–Kier alpha value is -2.47. The molecule has 0 aliphatic carbocycles. The maximum Gasteiger partial charge on any atom is 0.264 e. The summed E-state index contributed by atoms with van der Waals surface area (Å²) in [7, 11) is 1.81. The number of carbonyl (C=O) groups is 1. The zero-order valence-electron chi connectivity index (χ0n) is 18.3. The second kappa shape index (κ2) is 8.11. The predicted octanol–water partition coefficient (Wildman–Crippen LogP) is 5.07. The summed E-state index contributed by atoms with van der Waals surface area (Å²) in [6.45, 7) is 13.2. The van der Waals surface area contributed by atoms with Gasteiger partial charge in [-0.1, -0.05) is 39.0 Å². The first kappa shape index (κ1) is 21.2. The number of thiophene rings is 1. The molecule has 0 radical (unpaired) electrons. The Balaban J connectivity index is 1.78. The Bertz CT molecular complexity index is 1050. The molecule has 5 nitrogen and oxygen atoms in total. The van der Waals surface area contributed by atoms with Gasteiger partial charge in [0.25, 0.3) is 5.91 Å². The molecular formula is C23H29N3O2S. The number of benzene rings is 1. The lowest BCUT2D eigenvalue weighted by atomic mass is 9.95. The first-order valence-corrected chi connectivity index (χ1v) is 10.6. The fraction of sp³-hybridized carbons (Fsp3) is 0.435.